The highest BCUT2D eigenvalue weighted by atomic mass is 19.4. The van der Waals surface area contributed by atoms with E-state index >= 15 is 0 Å². The van der Waals surface area contributed by atoms with Gasteiger partial charge in [-0.3, -0.25) is 4.79 Å². The highest BCUT2D eigenvalue weighted by molar-refractivity contribution is 5.98. The summed E-state index contributed by atoms with van der Waals surface area (Å²) in [6.45, 7) is 0. The van der Waals surface area contributed by atoms with Gasteiger partial charge in [-0.1, -0.05) is 31.4 Å². The predicted octanol–water partition coefficient (Wildman–Crippen LogP) is 3.39. The van der Waals surface area contributed by atoms with Gasteiger partial charge in [-0.15, -0.1) is 0 Å². The number of benzene rings is 1. The Morgan fingerprint density at radius 1 is 1.24 bits per heavy atom. The lowest BCUT2D eigenvalue weighted by Crippen LogP contribution is -2.52. The second kappa shape index (κ2) is 6.05. The van der Waals surface area contributed by atoms with Gasteiger partial charge in [0.15, 0.2) is 0 Å². The summed E-state index contributed by atoms with van der Waals surface area (Å²) in [4.78, 5) is 12.2. The van der Waals surface area contributed by atoms with Crippen LogP contribution in [-0.4, -0.2) is 17.6 Å². The van der Waals surface area contributed by atoms with Crippen molar-refractivity contribution in [1.82, 2.24) is 0 Å². The van der Waals surface area contributed by atoms with E-state index in [1.807, 2.05) is 0 Å². The molecule has 1 saturated carbocycles. The van der Waals surface area contributed by atoms with Crippen molar-refractivity contribution in [3.63, 3.8) is 0 Å². The Bertz CT molecular complexity index is 508. The van der Waals surface area contributed by atoms with Crippen LogP contribution in [0.15, 0.2) is 24.3 Å². The average molecular weight is 300 g/mol. The van der Waals surface area contributed by atoms with E-state index in [2.05, 4.69) is 5.32 Å². The Kier molecular flexibility index (Phi) is 4.56. The Balaban J connectivity index is 2.05. The van der Waals surface area contributed by atoms with E-state index in [0.29, 0.717) is 18.5 Å². The summed E-state index contributed by atoms with van der Waals surface area (Å²) in [5.41, 5.74) is 5.67. The number of carbonyl (C=O) groups excluding carboxylic acids is 1. The third kappa shape index (κ3) is 4.46. The molecule has 2 rings (SSSR count). The van der Waals surface area contributed by atoms with Crippen LogP contribution in [-0.2, 0) is 11.2 Å². The summed E-state index contributed by atoms with van der Waals surface area (Å²) in [6.07, 6.45) is -1.18. The molecule has 0 radical (unpaired) electrons. The molecule has 0 heterocycles. The lowest BCUT2D eigenvalue weighted by Gasteiger charge is -2.31. The van der Waals surface area contributed by atoms with Crippen molar-refractivity contribution >= 4 is 11.6 Å². The first-order chi connectivity index (χ1) is 9.78. The third-order valence-electron chi connectivity index (χ3n) is 3.79. The molecular weight excluding hydrogens is 281 g/mol. The predicted molar refractivity (Wildman–Crippen MR) is 74.8 cm³/mol. The number of anilines is 1. The second-order valence-corrected chi connectivity index (χ2v) is 5.66. The largest absolute Gasteiger partial charge is 0.393 e. The van der Waals surface area contributed by atoms with E-state index < -0.39 is 18.1 Å². The van der Waals surface area contributed by atoms with Crippen LogP contribution in [0.3, 0.4) is 0 Å². The molecule has 0 spiro atoms. The highest BCUT2D eigenvalue weighted by Crippen LogP contribution is 2.28. The van der Waals surface area contributed by atoms with Gasteiger partial charge < -0.3 is 11.1 Å². The molecule has 1 aliphatic rings. The summed E-state index contributed by atoms with van der Waals surface area (Å²) in [5, 5.41) is 2.65. The number of rotatable bonds is 3. The van der Waals surface area contributed by atoms with Crippen molar-refractivity contribution in [2.24, 2.45) is 5.73 Å². The fourth-order valence-electron chi connectivity index (χ4n) is 2.66. The van der Waals surface area contributed by atoms with E-state index in [1.165, 1.54) is 18.2 Å². The van der Waals surface area contributed by atoms with Gasteiger partial charge in [0, 0.05) is 5.69 Å². The van der Waals surface area contributed by atoms with E-state index in [4.69, 9.17) is 5.73 Å². The van der Waals surface area contributed by atoms with Crippen LogP contribution >= 0.6 is 0 Å². The fourth-order valence-corrected chi connectivity index (χ4v) is 2.66. The van der Waals surface area contributed by atoms with Crippen LogP contribution in [0.2, 0.25) is 0 Å². The third-order valence-corrected chi connectivity index (χ3v) is 3.79. The zero-order valence-electron chi connectivity index (χ0n) is 11.7. The first kappa shape index (κ1) is 15.8. The molecular formula is C15H19F3N2O. The number of hydrogen-bond donors (Lipinski definition) is 2. The molecule has 1 aromatic carbocycles. The molecule has 1 aliphatic carbocycles. The molecule has 3 N–H and O–H groups in total. The maximum absolute atomic E-state index is 12.4. The van der Waals surface area contributed by atoms with Crippen LogP contribution in [0.25, 0.3) is 0 Å². The van der Waals surface area contributed by atoms with Crippen LogP contribution < -0.4 is 11.1 Å². The highest BCUT2D eigenvalue weighted by Gasteiger charge is 2.35. The molecule has 3 nitrogen and oxygen atoms in total. The summed E-state index contributed by atoms with van der Waals surface area (Å²) >= 11 is 0. The van der Waals surface area contributed by atoms with Crippen molar-refractivity contribution in [3.8, 4) is 0 Å². The van der Waals surface area contributed by atoms with Crippen molar-refractivity contribution in [3.05, 3.63) is 29.8 Å². The molecule has 21 heavy (non-hydrogen) atoms. The lowest BCUT2D eigenvalue weighted by atomic mass is 9.82. The summed E-state index contributed by atoms with van der Waals surface area (Å²) in [7, 11) is 0. The molecule has 0 unspecified atom stereocenters. The van der Waals surface area contributed by atoms with Crippen LogP contribution in [0.1, 0.15) is 37.7 Å². The second-order valence-electron chi connectivity index (χ2n) is 5.66. The number of nitrogens with two attached hydrogens (primary N) is 1. The van der Waals surface area contributed by atoms with Crippen molar-refractivity contribution in [2.75, 3.05) is 5.32 Å². The maximum atomic E-state index is 12.4. The van der Waals surface area contributed by atoms with Gasteiger partial charge >= 0.3 is 6.18 Å². The number of hydrogen-bond acceptors (Lipinski definition) is 2. The van der Waals surface area contributed by atoms with Gasteiger partial charge in [0.1, 0.15) is 0 Å². The minimum absolute atomic E-state index is 0.120. The standard InChI is InChI=1S/C15H19F3N2O/c16-15(17,18)10-11-5-4-6-12(9-11)20-13(21)14(19)7-2-1-3-8-14/h4-6,9H,1-3,7-8,10,19H2,(H,20,21). The number of halogens is 3. The van der Waals surface area contributed by atoms with Crippen LogP contribution in [0.5, 0.6) is 0 Å². The van der Waals surface area contributed by atoms with Crippen molar-refractivity contribution in [2.45, 2.75) is 50.2 Å². The smallest absolute Gasteiger partial charge is 0.324 e. The topological polar surface area (TPSA) is 55.1 Å². The normalized spacial score (nSPS) is 18.3. The van der Waals surface area contributed by atoms with Crippen molar-refractivity contribution in [1.29, 1.82) is 0 Å². The molecule has 6 heteroatoms. The number of alkyl halides is 3. The quantitative estimate of drug-likeness (QED) is 0.899. The van der Waals surface area contributed by atoms with E-state index in [-0.39, 0.29) is 11.5 Å². The zero-order valence-corrected chi connectivity index (χ0v) is 11.7. The molecule has 116 valence electrons. The average Bonchev–Trinajstić information content (AvgIpc) is 2.38. The molecule has 0 atom stereocenters. The number of amides is 1. The van der Waals surface area contributed by atoms with E-state index in [0.717, 1.165) is 19.3 Å². The Labute approximate surface area is 121 Å². The maximum Gasteiger partial charge on any atom is 0.393 e. The Morgan fingerprint density at radius 2 is 1.90 bits per heavy atom. The summed E-state index contributed by atoms with van der Waals surface area (Å²) < 4.78 is 37.1. The van der Waals surface area contributed by atoms with Crippen LogP contribution in [0.4, 0.5) is 18.9 Å². The van der Waals surface area contributed by atoms with Gasteiger partial charge in [-0.05, 0) is 30.5 Å². The minimum atomic E-state index is -4.26. The molecule has 1 amide bonds. The van der Waals surface area contributed by atoms with Gasteiger partial charge in [-0.25, -0.2) is 0 Å². The monoisotopic (exact) mass is 300 g/mol. The molecule has 1 aromatic rings. The lowest BCUT2D eigenvalue weighted by molar-refractivity contribution is -0.127. The minimum Gasteiger partial charge on any atom is -0.324 e. The molecule has 1 fully saturated rings. The first-order valence-corrected chi connectivity index (χ1v) is 7.05. The zero-order chi connectivity index (χ0) is 15.5. The molecule has 0 aliphatic heterocycles. The van der Waals surface area contributed by atoms with Gasteiger partial charge in [0.05, 0.1) is 12.0 Å². The Morgan fingerprint density at radius 3 is 2.52 bits per heavy atom. The molecule has 0 bridgehead atoms. The Hall–Kier alpha value is -1.56. The first-order valence-electron chi connectivity index (χ1n) is 7.05. The van der Waals surface area contributed by atoms with E-state index in [1.54, 1.807) is 6.07 Å². The molecule has 0 aromatic heterocycles. The summed E-state index contributed by atoms with van der Waals surface area (Å²) in [5.74, 6) is -0.314. The summed E-state index contributed by atoms with van der Waals surface area (Å²) in [6, 6.07) is 5.81. The van der Waals surface area contributed by atoms with Crippen LogP contribution in [0, 0.1) is 0 Å². The van der Waals surface area contributed by atoms with Gasteiger partial charge in [-0.2, -0.15) is 13.2 Å². The van der Waals surface area contributed by atoms with Gasteiger partial charge in [0.25, 0.3) is 0 Å². The van der Waals surface area contributed by atoms with Crippen molar-refractivity contribution < 1.29 is 18.0 Å². The SMILES string of the molecule is NC1(C(=O)Nc2cccc(CC(F)(F)F)c2)CCCCC1. The van der Waals surface area contributed by atoms with Gasteiger partial charge in [0.2, 0.25) is 5.91 Å². The fraction of sp³-hybridized carbons (Fsp3) is 0.533. The van der Waals surface area contributed by atoms with E-state index in [9.17, 15) is 18.0 Å². The number of nitrogens with one attached hydrogen (secondary N) is 1. The number of carbonyl (C=O) groups is 1. The molecule has 0 saturated heterocycles.